The van der Waals surface area contributed by atoms with Crippen LogP contribution >= 0.6 is 0 Å². The molecule has 0 fully saturated rings. The number of anilines is 1. The number of hydrogen-bond acceptors (Lipinski definition) is 2. The number of rotatable bonds is 4. The SMILES string of the molecule is CCN(CC(F)(F)F)c1ccccc1[C@H](C)O. The normalized spacial score (nSPS) is 13.5. The van der Waals surface area contributed by atoms with Gasteiger partial charge in [0.1, 0.15) is 6.54 Å². The Hall–Kier alpha value is -1.23. The molecule has 0 saturated heterocycles. The molecule has 2 nitrogen and oxygen atoms in total. The van der Waals surface area contributed by atoms with Crippen molar-refractivity contribution in [3.63, 3.8) is 0 Å². The van der Waals surface area contributed by atoms with Gasteiger partial charge in [-0.15, -0.1) is 0 Å². The Balaban J connectivity index is 3.03. The number of benzene rings is 1. The van der Waals surface area contributed by atoms with Crippen molar-refractivity contribution in [2.75, 3.05) is 18.0 Å². The molecular weight excluding hydrogens is 231 g/mol. The lowest BCUT2D eigenvalue weighted by Crippen LogP contribution is -2.34. The first-order chi connectivity index (χ1) is 7.85. The molecule has 0 saturated carbocycles. The van der Waals surface area contributed by atoms with Crippen LogP contribution in [0.4, 0.5) is 18.9 Å². The van der Waals surface area contributed by atoms with Crippen LogP contribution in [0, 0.1) is 0 Å². The lowest BCUT2D eigenvalue weighted by molar-refractivity contribution is -0.119. The number of para-hydroxylation sites is 1. The summed E-state index contributed by atoms with van der Waals surface area (Å²) in [4.78, 5) is 1.21. The summed E-state index contributed by atoms with van der Waals surface area (Å²) < 4.78 is 37.2. The molecule has 0 heterocycles. The van der Waals surface area contributed by atoms with Gasteiger partial charge < -0.3 is 10.0 Å². The van der Waals surface area contributed by atoms with Gasteiger partial charge in [-0.2, -0.15) is 13.2 Å². The number of nitrogens with zero attached hydrogens (tertiary/aromatic N) is 1. The fourth-order valence-electron chi connectivity index (χ4n) is 1.71. The molecule has 0 radical (unpaired) electrons. The van der Waals surface area contributed by atoms with Gasteiger partial charge in [0.25, 0.3) is 0 Å². The predicted octanol–water partition coefficient (Wildman–Crippen LogP) is 3.13. The first kappa shape index (κ1) is 13.8. The van der Waals surface area contributed by atoms with Crippen LogP contribution in [0.25, 0.3) is 0 Å². The van der Waals surface area contributed by atoms with E-state index in [1.54, 1.807) is 38.1 Å². The number of halogens is 3. The summed E-state index contributed by atoms with van der Waals surface area (Å²) in [5, 5.41) is 9.54. The maximum Gasteiger partial charge on any atom is 0.405 e. The van der Waals surface area contributed by atoms with E-state index in [9.17, 15) is 18.3 Å². The molecule has 0 aliphatic rings. The fraction of sp³-hybridized carbons (Fsp3) is 0.500. The lowest BCUT2D eigenvalue weighted by atomic mass is 10.1. The first-order valence-electron chi connectivity index (χ1n) is 5.44. The predicted molar refractivity (Wildman–Crippen MR) is 61.0 cm³/mol. The fourth-order valence-corrected chi connectivity index (χ4v) is 1.71. The molecule has 5 heteroatoms. The Morgan fingerprint density at radius 1 is 1.29 bits per heavy atom. The molecule has 0 aromatic heterocycles. The zero-order valence-electron chi connectivity index (χ0n) is 9.83. The first-order valence-corrected chi connectivity index (χ1v) is 5.44. The van der Waals surface area contributed by atoms with Crippen LogP contribution in [-0.4, -0.2) is 24.4 Å². The van der Waals surface area contributed by atoms with Crippen LogP contribution in [0.3, 0.4) is 0 Å². The second-order valence-electron chi connectivity index (χ2n) is 3.86. The van der Waals surface area contributed by atoms with Gasteiger partial charge in [0.15, 0.2) is 0 Å². The van der Waals surface area contributed by atoms with Crippen molar-refractivity contribution in [1.82, 2.24) is 0 Å². The summed E-state index contributed by atoms with van der Waals surface area (Å²) in [6.07, 6.45) is -5.03. The van der Waals surface area contributed by atoms with Gasteiger partial charge in [0, 0.05) is 17.8 Å². The van der Waals surface area contributed by atoms with E-state index in [4.69, 9.17) is 0 Å². The molecule has 1 N–H and O–H groups in total. The van der Waals surface area contributed by atoms with Gasteiger partial charge in [0.2, 0.25) is 0 Å². The molecule has 0 unspecified atom stereocenters. The van der Waals surface area contributed by atoms with E-state index in [1.807, 2.05) is 0 Å². The van der Waals surface area contributed by atoms with Crippen LogP contribution in [-0.2, 0) is 0 Å². The molecule has 1 atom stereocenters. The third-order valence-electron chi connectivity index (χ3n) is 2.48. The van der Waals surface area contributed by atoms with E-state index in [0.29, 0.717) is 11.3 Å². The lowest BCUT2D eigenvalue weighted by Gasteiger charge is -2.27. The van der Waals surface area contributed by atoms with Crippen LogP contribution in [0.2, 0.25) is 0 Å². The molecular formula is C12H16F3NO. The summed E-state index contributed by atoms with van der Waals surface area (Å²) in [7, 11) is 0. The summed E-state index contributed by atoms with van der Waals surface area (Å²) in [5.41, 5.74) is 0.945. The van der Waals surface area contributed by atoms with Gasteiger partial charge in [-0.1, -0.05) is 18.2 Å². The average Bonchev–Trinajstić information content (AvgIpc) is 2.24. The zero-order valence-corrected chi connectivity index (χ0v) is 9.83. The highest BCUT2D eigenvalue weighted by molar-refractivity contribution is 5.54. The number of aliphatic hydroxyl groups excluding tert-OH is 1. The molecule has 0 bridgehead atoms. The highest BCUT2D eigenvalue weighted by atomic mass is 19.4. The van der Waals surface area contributed by atoms with Crippen molar-refractivity contribution in [2.45, 2.75) is 26.1 Å². The molecule has 96 valence electrons. The largest absolute Gasteiger partial charge is 0.405 e. The van der Waals surface area contributed by atoms with Crippen LogP contribution < -0.4 is 4.90 Å². The molecule has 0 amide bonds. The Bertz CT molecular complexity index is 363. The second kappa shape index (κ2) is 5.40. The minimum absolute atomic E-state index is 0.239. The monoisotopic (exact) mass is 247 g/mol. The van der Waals surface area contributed by atoms with E-state index in [-0.39, 0.29) is 6.54 Å². The third kappa shape index (κ3) is 3.93. The Morgan fingerprint density at radius 3 is 2.35 bits per heavy atom. The minimum atomic E-state index is -4.25. The van der Waals surface area contributed by atoms with E-state index in [0.717, 1.165) is 0 Å². The van der Waals surface area contributed by atoms with Crippen molar-refractivity contribution in [1.29, 1.82) is 0 Å². The second-order valence-corrected chi connectivity index (χ2v) is 3.86. The zero-order chi connectivity index (χ0) is 13.1. The van der Waals surface area contributed by atoms with Gasteiger partial charge in [-0.05, 0) is 19.9 Å². The van der Waals surface area contributed by atoms with E-state index >= 15 is 0 Å². The molecule has 1 aromatic carbocycles. The highest BCUT2D eigenvalue weighted by Gasteiger charge is 2.31. The third-order valence-corrected chi connectivity index (χ3v) is 2.48. The molecule has 1 rings (SSSR count). The summed E-state index contributed by atoms with van der Waals surface area (Å²) in [6, 6.07) is 6.60. The van der Waals surface area contributed by atoms with Crippen LogP contribution in [0.15, 0.2) is 24.3 Å². The van der Waals surface area contributed by atoms with Gasteiger partial charge in [-0.3, -0.25) is 0 Å². The Kier molecular flexibility index (Phi) is 4.40. The van der Waals surface area contributed by atoms with E-state index in [1.165, 1.54) is 4.90 Å². The van der Waals surface area contributed by atoms with Crippen molar-refractivity contribution in [2.24, 2.45) is 0 Å². The molecule has 17 heavy (non-hydrogen) atoms. The topological polar surface area (TPSA) is 23.5 Å². The Morgan fingerprint density at radius 2 is 1.88 bits per heavy atom. The quantitative estimate of drug-likeness (QED) is 0.883. The van der Waals surface area contributed by atoms with Crippen molar-refractivity contribution < 1.29 is 18.3 Å². The smallest absolute Gasteiger partial charge is 0.389 e. The number of hydrogen-bond donors (Lipinski definition) is 1. The molecule has 0 aliphatic heterocycles. The van der Waals surface area contributed by atoms with Crippen LogP contribution in [0.1, 0.15) is 25.5 Å². The minimum Gasteiger partial charge on any atom is -0.389 e. The maximum atomic E-state index is 12.4. The van der Waals surface area contributed by atoms with Crippen molar-refractivity contribution in [3.05, 3.63) is 29.8 Å². The highest BCUT2D eigenvalue weighted by Crippen LogP contribution is 2.28. The van der Waals surface area contributed by atoms with Crippen molar-refractivity contribution >= 4 is 5.69 Å². The molecule has 0 aliphatic carbocycles. The van der Waals surface area contributed by atoms with E-state index in [2.05, 4.69) is 0 Å². The van der Waals surface area contributed by atoms with Crippen molar-refractivity contribution in [3.8, 4) is 0 Å². The number of aliphatic hydroxyl groups is 1. The summed E-state index contributed by atoms with van der Waals surface area (Å²) in [6.45, 7) is 2.43. The standard InChI is InChI=1S/C12H16F3NO/c1-3-16(8-12(13,14)15)11-7-5-4-6-10(11)9(2)17/h4-7,9,17H,3,8H2,1-2H3/t9-/m0/s1. The Labute approximate surface area is 98.7 Å². The average molecular weight is 247 g/mol. The number of alkyl halides is 3. The van der Waals surface area contributed by atoms with E-state index < -0.39 is 18.8 Å². The molecule has 1 aromatic rings. The summed E-state index contributed by atoms with van der Waals surface area (Å²) in [5.74, 6) is 0. The van der Waals surface area contributed by atoms with Crippen LogP contribution in [0.5, 0.6) is 0 Å². The maximum absolute atomic E-state index is 12.4. The summed E-state index contributed by atoms with van der Waals surface area (Å²) >= 11 is 0. The van der Waals surface area contributed by atoms with Gasteiger partial charge in [0.05, 0.1) is 6.10 Å². The van der Waals surface area contributed by atoms with Gasteiger partial charge in [-0.25, -0.2) is 0 Å². The van der Waals surface area contributed by atoms with Gasteiger partial charge >= 0.3 is 6.18 Å². The molecule has 0 spiro atoms.